The predicted molar refractivity (Wildman–Crippen MR) is 71.6 cm³/mol. The average Bonchev–Trinajstić information content (AvgIpc) is 2.37. The molecule has 0 aliphatic carbocycles. The molecule has 104 valence electrons. The lowest BCUT2D eigenvalue weighted by atomic mass is 9.86. The Labute approximate surface area is 111 Å². The molecule has 0 heterocycles. The smallest absolute Gasteiger partial charge is 0.320 e. The van der Waals surface area contributed by atoms with Gasteiger partial charge in [-0.15, -0.1) is 0 Å². The number of carboxylic acids is 1. The molecule has 0 bridgehead atoms. The third-order valence-electron chi connectivity index (χ3n) is 3.04. The molecule has 1 unspecified atom stereocenters. The van der Waals surface area contributed by atoms with Crippen molar-refractivity contribution in [3.8, 4) is 0 Å². The Hall–Kier alpha value is -1.92. The highest BCUT2D eigenvalue weighted by atomic mass is 16.4. The second kappa shape index (κ2) is 6.86. The van der Waals surface area contributed by atoms with E-state index in [-0.39, 0.29) is 12.3 Å². The number of rotatable bonds is 7. The molecule has 0 aliphatic rings. The fraction of sp³-hybridized carbons (Fsp3) is 0.385. The van der Waals surface area contributed by atoms with Crippen molar-refractivity contribution >= 4 is 11.9 Å². The zero-order valence-corrected chi connectivity index (χ0v) is 10.6. The van der Waals surface area contributed by atoms with Gasteiger partial charge in [0.15, 0.2) is 0 Å². The Balaban J connectivity index is 3.05. The van der Waals surface area contributed by atoms with Crippen LogP contribution in [0.3, 0.4) is 0 Å². The van der Waals surface area contributed by atoms with Crippen molar-refractivity contribution in [1.29, 1.82) is 0 Å². The van der Waals surface area contributed by atoms with Crippen molar-refractivity contribution in [2.45, 2.75) is 24.8 Å². The maximum atomic E-state index is 11.4. The summed E-state index contributed by atoms with van der Waals surface area (Å²) in [5.74, 6) is -1.81. The zero-order valence-electron chi connectivity index (χ0n) is 10.6. The van der Waals surface area contributed by atoms with Crippen LogP contribution in [0.25, 0.3) is 0 Å². The number of aliphatic carboxylic acids is 1. The summed E-state index contributed by atoms with van der Waals surface area (Å²) in [5, 5.41) is 8.88. The van der Waals surface area contributed by atoms with Gasteiger partial charge in [0.1, 0.15) is 6.04 Å². The van der Waals surface area contributed by atoms with Gasteiger partial charge in [-0.3, -0.25) is 9.59 Å². The molecule has 0 fully saturated rings. The number of carboxylic acid groups (broad SMARTS) is 1. The fourth-order valence-corrected chi connectivity index (χ4v) is 2.09. The zero-order chi connectivity index (χ0) is 14.4. The van der Waals surface area contributed by atoms with Crippen LogP contribution in [0.1, 0.15) is 34.7 Å². The van der Waals surface area contributed by atoms with Gasteiger partial charge >= 0.3 is 5.97 Å². The second-order valence-electron chi connectivity index (χ2n) is 4.41. The summed E-state index contributed by atoms with van der Waals surface area (Å²) >= 11 is 0. The molecule has 1 aromatic rings. The molecule has 19 heavy (non-hydrogen) atoms. The highest BCUT2D eigenvalue weighted by molar-refractivity contribution is 5.94. The van der Waals surface area contributed by atoms with E-state index in [1.807, 2.05) is 0 Å². The van der Waals surface area contributed by atoms with E-state index in [1.165, 1.54) is 0 Å². The van der Waals surface area contributed by atoms with Crippen molar-refractivity contribution < 1.29 is 14.7 Å². The Bertz CT molecular complexity index is 462. The quantitative estimate of drug-likeness (QED) is 0.551. The molecule has 6 heteroatoms. The SMILES string of the molecule is NCCC(C[C@H](N)C(=O)O)c1ccccc1C(N)=O. The summed E-state index contributed by atoms with van der Waals surface area (Å²) in [6.45, 7) is 0.379. The van der Waals surface area contributed by atoms with Crippen LogP contribution in [-0.4, -0.2) is 29.6 Å². The first-order chi connectivity index (χ1) is 8.97. The van der Waals surface area contributed by atoms with E-state index in [0.717, 1.165) is 0 Å². The van der Waals surface area contributed by atoms with Gasteiger partial charge in [0.2, 0.25) is 5.91 Å². The van der Waals surface area contributed by atoms with Gasteiger partial charge in [0, 0.05) is 5.56 Å². The van der Waals surface area contributed by atoms with Crippen molar-refractivity contribution in [1.82, 2.24) is 0 Å². The van der Waals surface area contributed by atoms with Crippen LogP contribution in [0.2, 0.25) is 0 Å². The van der Waals surface area contributed by atoms with Crippen LogP contribution in [-0.2, 0) is 4.79 Å². The summed E-state index contributed by atoms with van der Waals surface area (Å²) < 4.78 is 0. The van der Waals surface area contributed by atoms with Gasteiger partial charge in [-0.25, -0.2) is 0 Å². The maximum Gasteiger partial charge on any atom is 0.320 e. The van der Waals surface area contributed by atoms with Crippen LogP contribution in [0.4, 0.5) is 0 Å². The number of hydrogen-bond acceptors (Lipinski definition) is 4. The topological polar surface area (TPSA) is 132 Å². The lowest BCUT2D eigenvalue weighted by Gasteiger charge is -2.20. The van der Waals surface area contributed by atoms with Crippen LogP contribution >= 0.6 is 0 Å². The molecular weight excluding hydrogens is 246 g/mol. The summed E-state index contributed by atoms with van der Waals surface area (Å²) in [6, 6.07) is 5.87. The molecule has 0 aromatic heterocycles. The minimum Gasteiger partial charge on any atom is -0.480 e. The highest BCUT2D eigenvalue weighted by Crippen LogP contribution is 2.27. The van der Waals surface area contributed by atoms with Crippen LogP contribution in [0.5, 0.6) is 0 Å². The average molecular weight is 265 g/mol. The Morgan fingerprint density at radius 3 is 2.42 bits per heavy atom. The first kappa shape index (κ1) is 15.1. The van der Waals surface area contributed by atoms with Gasteiger partial charge in [-0.1, -0.05) is 18.2 Å². The number of hydrogen-bond donors (Lipinski definition) is 4. The van der Waals surface area contributed by atoms with Gasteiger partial charge in [-0.05, 0) is 36.9 Å². The number of carbonyl (C=O) groups is 2. The third-order valence-corrected chi connectivity index (χ3v) is 3.04. The molecule has 1 amide bonds. The van der Waals surface area contributed by atoms with Crippen molar-refractivity contribution in [2.75, 3.05) is 6.54 Å². The predicted octanol–water partition coefficient (Wildman–Crippen LogP) is 0.0199. The third kappa shape index (κ3) is 4.04. The Kier molecular flexibility index (Phi) is 5.47. The van der Waals surface area contributed by atoms with E-state index in [9.17, 15) is 9.59 Å². The lowest BCUT2D eigenvalue weighted by Crippen LogP contribution is -2.32. The van der Waals surface area contributed by atoms with E-state index in [4.69, 9.17) is 22.3 Å². The Morgan fingerprint density at radius 2 is 1.89 bits per heavy atom. The number of benzene rings is 1. The maximum absolute atomic E-state index is 11.4. The summed E-state index contributed by atoms with van der Waals surface area (Å²) in [4.78, 5) is 22.2. The summed E-state index contributed by atoms with van der Waals surface area (Å²) in [7, 11) is 0. The molecule has 0 aliphatic heterocycles. The fourth-order valence-electron chi connectivity index (χ4n) is 2.09. The monoisotopic (exact) mass is 265 g/mol. The molecule has 7 N–H and O–H groups in total. The molecule has 0 saturated heterocycles. The van der Waals surface area contributed by atoms with Gasteiger partial charge in [-0.2, -0.15) is 0 Å². The van der Waals surface area contributed by atoms with E-state index in [2.05, 4.69) is 0 Å². The van der Waals surface area contributed by atoms with E-state index >= 15 is 0 Å². The summed E-state index contributed by atoms with van der Waals surface area (Å²) in [5.41, 5.74) is 17.5. The molecule has 0 spiro atoms. The number of carbonyl (C=O) groups excluding carboxylic acids is 1. The van der Waals surface area contributed by atoms with Gasteiger partial charge in [0.25, 0.3) is 0 Å². The minimum absolute atomic E-state index is 0.195. The molecular formula is C13H19N3O3. The standard InChI is InChI=1S/C13H19N3O3/c14-6-5-8(7-11(15)13(18)19)9-3-1-2-4-10(9)12(16)17/h1-4,8,11H,5-7,14-15H2,(H2,16,17)(H,18,19)/t8?,11-/m0/s1. The lowest BCUT2D eigenvalue weighted by molar-refractivity contribution is -0.138. The van der Waals surface area contributed by atoms with E-state index < -0.39 is 17.9 Å². The molecule has 0 radical (unpaired) electrons. The minimum atomic E-state index is -1.07. The number of amides is 1. The first-order valence-electron chi connectivity index (χ1n) is 6.04. The van der Waals surface area contributed by atoms with Crippen molar-refractivity contribution in [3.05, 3.63) is 35.4 Å². The molecule has 1 aromatic carbocycles. The number of primary amides is 1. The Morgan fingerprint density at radius 1 is 1.26 bits per heavy atom. The highest BCUT2D eigenvalue weighted by Gasteiger charge is 2.22. The molecule has 2 atom stereocenters. The van der Waals surface area contributed by atoms with Gasteiger partial charge < -0.3 is 22.3 Å². The largest absolute Gasteiger partial charge is 0.480 e. The normalized spacial score (nSPS) is 13.8. The number of nitrogens with two attached hydrogens (primary N) is 3. The molecule has 6 nitrogen and oxygen atoms in total. The van der Waals surface area contributed by atoms with E-state index in [0.29, 0.717) is 24.1 Å². The van der Waals surface area contributed by atoms with Crippen LogP contribution < -0.4 is 17.2 Å². The summed E-state index contributed by atoms with van der Waals surface area (Å²) in [6.07, 6.45) is 0.766. The van der Waals surface area contributed by atoms with Crippen molar-refractivity contribution in [3.63, 3.8) is 0 Å². The molecule has 1 rings (SSSR count). The van der Waals surface area contributed by atoms with Crippen molar-refractivity contribution in [2.24, 2.45) is 17.2 Å². The first-order valence-corrected chi connectivity index (χ1v) is 6.04. The van der Waals surface area contributed by atoms with Gasteiger partial charge in [0.05, 0.1) is 0 Å². The van der Waals surface area contributed by atoms with E-state index in [1.54, 1.807) is 24.3 Å². The van der Waals surface area contributed by atoms with Crippen LogP contribution in [0, 0.1) is 0 Å². The molecule has 0 saturated carbocycles. The van der Waals surface area contributed by atoms with Crippen LogP contribution in [0.15, 0.2) is 24.3 Å². The second-order valence-corrected chi connectivity index (χ2v) is 4.41.